The molecule has 0 saturated carbocycles. The molecule has 3 aromatic carbocycles. The first kappa shape index (κ1) is 30.6. The van der Waals surface area contributed by atoms with Crippen molar-refractivity contribution in [3.8, 4) is 11.4 Å². The summed E-state index contributed by atoms with van der Waals surface area (Å²) in [6.45, 7) is 0.500. The number of carbonyl (C=O) groups is 2. The van der Waals surface area contributed by atoms with Gasteiger partial charge in [-0.3, -0.25) is 9.36 Å². The van der Waals surface area contributed by atoms with Crippen LogP contribution in [0.15, 0.2) is 60.7 Å². The van der Waals surface area contributed by atoms with Crippen molar-refractivity contribution >= 4 is 35.0 Å². The maximum absolute atomic E-state index is 13.4. The fourth-order valence-electron chi connectivity index (χ4n) is 4.72. The SMILES string of the molecule is O=C(OCn1c(-c2cccc(C(=O)c3cccc(C(F)(F)F)c3Cl)c2)nc2c1CCNC2)c1cccc(C(F)(F)F)c1Cl. The average Bonchev–Trinajstić information content (AvgIpc) is 3.33. The molecule has 0 atom stereocenters. The van der Waals surface area contributed by atoms with E-state index in [0.717, 1.165) is 30.3 Å². The van der Waals surface area contributed by atoms with Gasteiger partial charge in [0, 0.05) is 41.9 Å². The summed E-state index contributed by atoms with van der Waals surface area (Å²) in [5.41, 5.74) is -1.44. The molecule has 0 amide bonds. The van der Waals surface area contributed by atoms with Crippen molar-refractivity contribution in [2.45, 2.75) is 32.0 Å². The lowest BCUT2D eigenvalue weighted by atomic mass is 9.99. The summed E-state index contributed by atoms with van der Waals surface area (Å²) in [5.74, 6) is -1.59. The fourth-order valence-corrected chi connectivity index (χ4v) is 5.35. The van der Waals surface area contributed by atoms with E-state index in [0.29, 0.717) is 36.5 Å². The second-order valence-electron chi connectivity index (χ2n) is 9.48. The maximum atomic E-state index is 13.4. The Morgan fingerprint density at radius 1 is 0.884 bits per heavy atom. The van der Waals surface area contributed by atoms with E-state index in [2.05, 4.69) is 10.3 Å². The number of ketones is 1. The molecule has 1 aromatic heterocycles. The molecule has 224 valence electrons. The Morgan fingerprint density at radius 2 is 1.49 bits per heavy atom. The molecule has 1 N–H and O–H groups in total. The van der Waals surface area contributed by atoms with Crippen LogP contribution in [0.2, 0.25) is 10.0 Å². The summed E-state index contributed by atoms with van der Waals surface area (Å²) in [4.78, 5) is 30.7. The van der Waals surface area contributed by atoms with E-state index in [9.17, 15) is 35.9 Å². The second-order valence-corrected chi connectivity index (χ2v) is 10.2. The molecular formula is C29H19Cl2F6N3O3. The van der Waals surface area contributed by atoms with E-state index in [1.807, 2.05) is 0 Å². The van der Waals surface area contributed by atoms with Gasteiger partial charge in [-0.1, -0.05) is 53.5 Å². The number of nitrogens with one attached hydrogen (secondary N) is 1. The van der Waals surface area contributed by atoms with Gasteiger partial charge in [-0.05, 0) is 30.3 Å². The van der Waals surface area contributed by atoms with Crippen LogP contribution in [-0.2, 0) is 36.8 Å². The Balaban J connectivity index is 1.48. The molecule has 6 nitrogen and oxygen atoms in total. The minimum absolute atomic E-state index is 0.0251. The number of esters is 1. The summed E-state index contributed by atoms with van der Waals surface area (Å²) in [7, 11) is 0. The zero-order valence-corrected chi connectivity index (χ0v) is 23.3. The topological polar surface area (TPSA) is 73.2 Å². The largest absolute Gasteiger partial charge is 0.440 e. The van der Waals surface area contributed by atoms with Crippen molar-refractivity contribution < 1.29 is 40.7 Å². The zero-order valence-electron chi connectivity index (χ0n) is 21.7. The lowest BCUT2D eigenvalue weighted by Crippen LogP contribution is -2.25. The monoisotopic (exact) mass is 641 g/mol. The van der Waals surface area contributed by atoms with Crippen LogP contribution in [0.5, 0.6) is 0 Å². The highest BCUT2D eigenvalue weighted by Gasteiger charge is 2.36. The molecule has 4 aromatic rings. The number of hydrogen-bond donors (Lipinski definition) is 1. The van der Waals surface area contributed by atoms with E-state index in [4.69, 9.17) is 27.9 Å². The molecule has 14 heteroatoms. The predicted octanol–water partition coefficient (Wildman–Crippen LogP) is 7.59. The minimum atomic E-state index is -4.78. The van der Waals surface area contributed by atoms with Crippen LogP contribution in [0.4, 0.5) is 26.3 Å². The Kier molecular flexibility index (Phi) is 8.30. The number of imidazole rings is 1. The quantitative estimate of drug-likeness (QED) is 0.133. The zero-order chi connectivity index (χ0) is 31.1. The van der Waals surface area contributed by atoms with Crippen molar-refractivity contribution in [2.24, 2.45) is 0 Å². The van der Waals surface area contributed by atoms with Crippen LogP contribution in [0.25, 0.3) is 11.4 Å². The first-order valence-corrected chi connectivity index (χ1v) is 13.4. The summed E-state index contributed by atoms with van der Waals surface area (Å²) in [6.07, 6.45) is -9.07. The molecule has 0 unspecified atom stereocenters. The Bertz CT molecular complexity index is 1730. The summed E-state index contributed by atoms with van der Waals surface area (Å²) >= 11 is 11.9. The molecule has 1 aliphatic rings. The van der Waals surface area contributed by atoms with E-state index in [1.54, 1.807) is 10.6 Å². The molecule has 0 saturated heterocycles. The molecule has 2 heterocycles. The van der Waals surface area contributed by atoms with Crippen LogP contribution in [0.1, 0.15) is 48.8 Å². The molecule has 0 bridgehead atoms. The third-order valence-electron chi connectivity index (χ3n) is 6.77. The number of aromatic nitrogens is 2. The molecule has 43 heavy (non-hydrogen) atoms. The number of halogens is 8. The van der Waals surface area contributed by atoms with Crippen LogP contribution in [-0.4, -0.2) is 27.8 Å². The third-order valence-corrected chi connectivity index (χ3v) is 7.58. The average molecular weight is 642 g/mol. The number of alkyl halides is 6. The number of carbonyl (C=O) groups excluding carboxylic acids is 2. The van der Waals surface area contributed by atoms with Crippen molar-refractivity contribution in [3.63, 3.8) is 0 Å². The van der Waals surface area contributed by atoms with Gasteiger partial charge in [0.25, 0.3) is 0 Å². The highest BCUT2D eigenvalue weighted by Crippen LogP contribution is 2.38. The van der Waals surface area contributed by atoms with Crippen molar-refractivity contribution in [1.29, 1.82) is 0 Å². The number of benzene rings is 3. The van der Waals surface area contributed by atoms with Gasteiger partial charge < -0.3 is 10.1 Å². The third kappa shape index (κ3) is 6.13. The molecule has 0 radical (unpaired) electrons. The van der Waals surface area contributed by atoms with Crippen LogP contribution in [0, 0.1) is 0 Å². The van der Waals surface area contributed by atoms with Crippen molar-refractivity contribution in [3.05, 3.63) is 110 Å². The van der Waals surface area contributed by atoms with Gasteiger partial charge in [-0.2, -0.15) is 26.3 Å². The number of ether oxygens (including phenoxy) is 1. The lowest BCUT2D eigenvalue weighted by molar-refractivity contribution is -0.138. The van der Waals surface area contributed by atoms with E-state index in [1.165, 1.54) is 24.3 Å². The Morgan fingerprint density at radius 3 is 2.14 bits per heavy atom. The summed E-state index contributed by atoms with van der Waals surface area (Å²) < 4.78 is 86.9. The second kappa shape index (κ2) is 11.7. The normalized spacial score (nSPS) is 13.5. The molecule has 5 rings (SSSR count). The van der Waals surface area contributed by atoms with Gasteiger partial charge in [0.2, 0.25) is 0 Å². The first-order valence-electron chi connectivity index (χ1n) is 12.6. The first-order chi connectivity index (χ1) is 20.3. The molecule has 0 aliphatic carbocycles. The maximum Gasteiger partial charge on any atom is 0.417 e. The van der Waals surface area contributed by atoms with E-state index >= 15 is 0 Å². The predicted molar refractivity (Wildman–Crippen MR) is 145 cm³/mol. The van der Waals surface area contributed by atoms with Crippen LogP contribution >= 0.6 is 23.2 Å². The molecular weight excluding hydrogens is 623 g/mol. The summed E-state index contributed by atoms with van der Waals surface area (Å²) in [6, 6.07) is 11.9. The Labute approximate surface area is 250 Å². The van der Waals surface area contributed by atoms with Gasteiger partial charge in [-0.15, -0.1) is 0 Å². The Hall–Kier alpha value is -3.87. The highest BCUT2D eigenvalue weighted by molar-refractivity contribution is 6.36. The van der Waals surface area contributed by atoms with E-state index < -0.39 is 57.6 Å². The molecule has 1 aliphatic heterocycles. The van der Waals surface area contributed by atoms with Gasteiger partial charge in [0.15, 0.2) is 12.5 Å². The fraction of sp³-hybridized carbons (Fsp3) is 0.207. The number of hydrogen-bond acceptors (Lipinski definition) is 5. The van der Waals surface area contributed by atoms with Crippen molar-refractivity contribution in [2.75, 3.05) is 6.54 Å². The standard InChI is InChI=1S/C29H19Cl2F6N3O3/c30-23-17(6-2-8-19(23)28(32,33)34)25(41)15-4-1-5-16(12-15)26-39-21-13-38-11-10-22(21)40(26)14-43-27(42)18-7-3-9-20(24(18)31)29(35,36)37/h1-9,12,38H,10-11,13-14H2. The molecule has 0 spiro atoms. The van der Waals surface area contributed by atoms with Gasteiger partial charge in [0.1, 0.15) is 5.82 Å². The van der Waals surface area contributed by atoms with Gasteiger partial charge in [0.05, 0.1) is 32.4 Å². The number of fused-ring (bicyclic) bond motifs is 1. The number of rotatable bonds is 6. The van der Waals surface area contributed by atoms with Crippen molar-refractivity contribution in [1.82, 2.24) is 14.9 Å². The minimum Gasteiger partial charge on any atom is -0.440 e. The smallest absolute Gasteiger partial charge is 0.417 e. The van der Waals surface area contributed by atoms with Crippen LogP contribution in [0.3, 0.4) is 0 Å². The lowest BCUT2D eigenvalue weighted by Gasteiger charge is -2.17. The molecule has 0 fully saturated rings. The van der Waals surface area contributed by atoms with Gasteiger partial charge >= 0.3 is 18.3 Å². The van der Waals surface area contributed by atoms with Gasteiger partial charge in [-0.25, -0.2) is 9.78 Å². The van der Waals surface area contributed by atoms with E-state index in [-0.39, 0.29) is 17.0 Å². The summed E-state index contributed by atoms with van der Waals surface area (Å²) in [5, 5.41) is 1.63. The highest BCUT2D eigenvalue weighted by atomic mass is 35.5. The number of nitrogens with zero attached hydrogens (tertiary/aromatic N) is 2. The van der Waals surface area contributed by atoms with Crippen LogP contribution < -0.4 is 5.32 Å².